The maximum Gasteiger partial charge on any atom is 0.274 e. The Bertz CT molecular complexity index is 564. The summed E-state index contributed by atoms with van der Waals surface area (Å²) >= 11 is 1.35. The summed E-state index contributed by atoms with van der Waals surface area (Å²) in [6.45, 7) is 0. The summed E-state index contributed by atoms with van der Waals surface area (Å²) in [5.74, 6) is -0.578. The van der Waals surface area contributed by atoms with Crippen LogP contribution < -0.4 is 11.1 Å². The number of aromatic amines is 1. The molecule has 1 heterocycles. The van der Waals surface area contributed by atoms with Crippen LogP contribution in [0.5, 0.6) is 0 Å². The van der Waals surface area contributed by atoms with E-state index >= 15 is 0 Å². The van der Waals surface area contributed by atoms with Gasteiger partial charge >= 0.3 is 0 Å². The average molecular weight is 275 g/mol. The summed E-state index contributed by atoms with van der Waals surface area (Å²) in [5, 5.41) is 2.31. The lowest BCUT2D eigenvalue weighted by atomic mass is 10.3. The zero-order valence-corrected chi connectivity index (χ0v) is 10.9. The molecule has 0 saturated heterocycles. The molecule has 1 aromatic carbocycles. The number of thioether (sulfide) groups is 1. The second-order valence-electron chi connectivity index (χ2n) is 3.82. The van der Waals surface area contributed by atoms with Gasteiger partial charge in [0.15, 0.2) is 0 Å². The highest BCUT2D eigenvalue weighted by molar-refractivity contribution is 8.00. The first-order valence-corrected chi connectivity index (χ1v) is 6.59. The van der Waals surface area contributed by atoms with Crippen molar-refractivity contribution in [3.8, 4) is 0 Å². The van der Waals surface area contributed by atoms with Gasteiger partial charge in [-0.25, -0.2) is 0 Å². The van der Waals surface area contributed by atoms with Crippen LogP contribution >= 0.6 is 11.8 Å². The predicted octanol–water partition coefficient (Wildman–Crippen LogP) is 1.65. The number of aromatic nitrogens is 1. The van der Waals surface area contributed by atoms with Gasteiger partial charge in [-0.05, 0) is 36.4 Å². The number of amides is 2. The Kier molecular flexibility index (Phi) is 4.25. The van der Waals surface area contributed by atoms with Gasteiger partial charge < -0.3 is 10.7 Å². The van der Waals surface area contributed by atoms with Crippen molar-refractivity contribution in [2.75, 3.05) is 11.5 Å². The molecule has 0 aliphatic heterocycles. The molecule has 0 atom stereocenters. The fourth-order valence-corrected chi connectivity index (χ4v) is 2.11. The number of benzene rings is 1. The van der Waals surface area contributed by atoms with Crippen molar-refractivity contribution in [2.24, 2.45) is 0 Å². The van der Waals surface area contributed by atoms with Gasteiger partial charge in [-0.3, -0.25) is 14.9 Å². The second kappa shape index (κ2) is 6.10. The van der Waals surface area contributed by atoms with E-state index in [-0.39, 0.29) is 11.7 Å². The van der Waals surface area contributed by atoms with E-state index in [1.165, 1.54) is 11.8 Å². The Hall–Kier alpha value is -2.21. The molecule has 2 rings (SSSR count). The van der Waals surface area contributed by atoms with Crippen LogP contribution in [0.1, 0.15) is 10.5 Å². The summed E-state index contributed by atoms with van der Waals surface area (Å²) in [6, 6.07) is 10.5. The van der Waals surface area contributed by atoms with E-state index in [4.69, 9.17) is 5.73 Å². The minimum Gasteiger partial charge on any atom is -0.399 e. The fraction of sp³-hybridized carbons (Fsp3) is 0.0769. The molecule has 0 aliphatic carbocycles. The normalized spacial score (nSPS) is 10.1. The van der Waals surface area contributed by atoms with E-state index in [0.29, 0.717) is 11.4 Å². The number of hydrogen-bond donors (Lipinski definition) is 3. The Morgan fingerprint density at radius 2 is 1.95 bits per heavy atom. The molecule has 0 fully saturated rings. The van der Waals surface area contributed by atoms with Gasteiger partial charge in [-0.15, -0.1) is 11.8 Å². The van der Waals surface area contributed by atoms with E-state index in [0.717, 1.165) is 4.90 Å². The molecular formula is C13H13N3O2S. The molecule has 2 amide bonds. The second-order valence-corrected chi connectivity index (χ2v) is 4.87. The molecule has 1 aromatic heterocycles. The first-order chi connectivity index (χ1) is 9.15. The molecular weight excluding hydrogens is 262 g/mol. The topological polar surface area (TPSA) is 88.0 Å². The van der Waals surface area contributed by atoms with Crippen molar-refractivity contribution in [1.82, 2.24) is 10.3 Å². The molecule has 5 nitrogen and oxygen atoms in total. The molecule has 0 aliphatic rings. The molecule has 0 saturated carbocycles. The molecule has 0 radical (unpaired) electrons. The van der Waals surface area contributed by atoms with Crippen molar-refractivity contribution in [3.05, 3.63) is 48.3 Å². The zero-order valence-electron chi connectivity index (χ0n) is 10.1. The van der Waals surface area contributed by atoms with E-state index in [1.807, 2.05) is 12.1 Å². The highest BCUT2D eigenvalue weighted by Crippen LogP contribution is 2.18. The average Bonchev–Trinajstić information content (AvgIpc) is 2.92. The van der Waals surface area contributed by atoms with Crippen LogP contribution in [0.15, 0.2) is 47.5 Å². The number of rotatable bonds is 4. The van der Waals surface area contributed by atoms with Gasteiger partial charge in [0.05, 0.1) is 5.75 Å². The zero-order chi connectivity index (χ0) is 13.7. The monoisotopic (exact) mass is 275 g/mol. The maximum atomic E-state index is 11.6. The van der Waals surface area contributed by atoms with Crippen molar-refractivity contribution in [3.63, 3.8) is 0 Å². The highest BCUT2D eigenvalue weighted by Gasteiger charge is 2.10. The molecule has 98 valence electrons. The maximum absolute atomic E-state index is 11.6. The Labute approximate surface area is 114 Å². The number of nitrogen functional groups attached to an aromatic ring is 1. The number of H-pyrrole nitrogens is 1. The van der Waals surface area contributed by atoms with Crippen molar-refractivity contribution < 1.29 is 9.59 Å². The first-order valence-electron chi connectivity index (χ1n) is 5.61. The third kappa shape index (κ3) is 3.89. The summed E-state index contributed by atoms with van der Waals surface area (Å²) < 4.78 is 0. The molecule has 0 spiro atoms. The SMILES string of the molecule is Nc1ccc(SCC(=O)NC(=O)c2ccc[nH]2)cc1. The van der Waals surface area contributed by atoms with Crippen molar-refractivity contribution in [2.45, 2.75) is 4.90 Å². The summed E-state index contributed by atoms with van der Waals surface area (Å²) in [4.78, 5) is 26.8. The highest BCUT2D eigenvalue weighted by atomic mass is 32.2. The Balaban J connectivity index is 1.82. The van der Waals surface area contributed by atoms with E-state index in [1.54, 1.807) is 30.5 Å². The standard InChI is InChI=1S/C13H13N3O2S/c14-9-3-5-10(6-4-9)19-8-12(17)16-13(18)11-2-1-7-15-11/h1-7,15H,8,14H2,(H,16,17,18). The fourth-order valence-electron chi connectivity index (χ4n) is 1.41. The predicted molar refractivity (Wildman–Crippen MR) is 74.8 cm³/mol. The lowest BCUT2D eigenvalue weighted by Gasteiger charge is -2.03. The third-order valence-electron chi connectivity index (χ3n) is 2.35. The van der Waals surface area contributed by atoms with E-state index < -0.39 is 5.91 Å². The van der Waals surface area contributed by atoms with Crippen LogP contribution in [0.4, 0.5) is 5.69 Å². The number of imide groups is 1. The number of nitrogens with two attached hydrogens (primary N) is 1. The summed E-state index contributed by atoms with van der Waals surface area (Å²) in [6.07, 6.45) is 1.63. The van der Waals surface area contributed by atoms with E-state index in [2.05, 4.69) is 10.3 Å². The van der Waals surface area contributed by atoms with Crippen LogP contribution in [-0.4, -0.2) is 22.6 Å². The number of hydrogen-bond acceptors (Lipinski definition) is 4. The van der Waals surface area contributed by atoms with Gasteiger partial charge in [0.2, 0.25) is 5.91 Å². The first kappa shape index (κ1) is 13.2. The van der Waals surface area contributed by atoms with Gasteiger partial charge in [0.25, 0.3) is 5.91 Å². The van der Waals surface area contributed by atoms with Gasteiger partial charge in [-0.2, -0.15) is 0 Å². The van der Waals surface area contributed by atoms with Crippen LogP contribution in [0.25, 0.3) is 0 Å². The van der Waals surface area contributed by atoms with Crippen molar-refractivity contribution >= 4 is 29.3 Å². The summed E-state index contributed by atoms with van der Waals surface area (Å²) in [5.41, 5.74) is 6.61. The van der Waals surface area contributed by atoms with Gasteiger partial charge in [0.1, 0.15) is 5.69 Å². The lowest BCUT2D eigenvalue weighted by Crippen LogP contribution is -2.32. The number of nitrogens with one attached hydrogen (secondary N) is 2. The minimum absolute atomic E-state index is 0.177. The Morgan fingerprint density at radius 1 is 1.21 bits per heavy atom. The lowest BCUT2D eigenvalue weighted by molar-refractivity contribution is -0.117. The number of carbonyl (C=O) groups excluding carboxylic acids is 2. The molecule has 0 unspecified atom stereocenters. The Morgan fingerprint density at radius 3 is 2.58 bits per heavy atom. The van der Waals surface area contributed by atoms with Crippen molar-refractivity contribution in [1.29, 1.82) is 0 Å². The molecule has 6 heteroatoms. The molecule has 0 bridgehead atoms. The van der Waals surface area contributed by atoms with Gasteiger partial charge in [-0.1, -0.05) is 0 Å². The number of carbonyl (C=O) groups is 2. The molecule has 19 heavy (non-hydrogen) atoms. The largest absolute Gasteiger partial charge is 0.399 e. The number of anilines is 1. The summed E-state index contributed by atoms with van der Waals surface area (Å²) in [7, 11) is 0. The molecule has 4 N–H and O–H groups in total. The van der Waals surface area contributed by atoms with Crippen LogP contribution in [0.3, 0.4) is 0 Å². The van der Waals surface area contributed by atoms with Crippen LogP contribution in [-0.2, 0) is 4.79 Å². The van der Waals surface area contributed by atoms with Crippen LogP contribution in [0, 0.1) is 0 Å². The van der Waals surface area contributed by atoms with Crippen LogP contribution in [0.2, 0.25) is 0 Å². The quantitative estimate of drug-likeness (QED) is 0.584. The van der Waals surface area contributed by atoms with Gasteiger partial charge in [0, 0.05) is 16.8 Å². The third-order valence-corrected chi connectivity index (χ3v) is 3.36. The smallest absolute Gasteiger partial charge is 0.274 e. The minimum atomic E-state index is -0.423. The molecule has 2 aromatic rings. The van der Waals surface area contributed by atoms with E-state index in [9.17, 15) is 9.59 Å².